The SMILES string of the molecule is O=[N+]([O-])c1ccc2oc(OCCC[C@@H]3CCCNC3)nc2c1. The summed E-state index contributed by atoms with van der Waals surface area (Å²) in [5, 5.41) is 14.1. The van der Waals surface area contributed by atoms with Crippen molar-refractivity contribution in [2.45, 2.75) is 25.7 Å². The topological polar surface area (TPSA) is 90.4 Å². The highest BCUT2D eigenvalue weighted by Gasteiger charge is 2.14. The molecule has 0 spiro atoms. The number of nitrogens with one attached hydrogen (secondary N) is 1. The van der Waals surface area contributed by atoms with Gasteiger partial charge in [-0.15, -0.1) is 0 Å². The maximum atomic E-state index is 10.7. The van der Waals surface area contributed by atoms with Gasteiger partial charge in [-0.1, -0.05) is 0 Å². The summed E-state index contributed by atoms with van der Waals surface area (Å²) in [7, 11) is 0. The lowest BCUT2D eigenvalue weighted by Crippen LogP contribution is -2.29. The van der Waals surface area contributed by atoms with Gasteiger partial charge < -0.3 is 14.5 Å². The third-order valence-corrected chi connectivity index (χ3v) is 3.94. The standard InChI is InChI=1S/C15H19N3O4/c19-18(20)12-5-6-14-13(9-12)17-15(22-14)21-8-2-4-11-3-1-7-16-10-11/h5-6,9,11,16H,1-4,7-8,10H2/t11-/m0/s1. The zero-order valence-electron chi connectivity index (χ0n) is 12.3. The number of aromatic nitrogens is 1. The molecule has 7 nitrogen and oxygen atoms in total. The van der Waals surface area contributed by atoms with E-state index in [4.69, 9.17) is 9.15 Å². The lowest BCUT2D eigenvalue weighted by Gasteiger charge is -2.22. The van der Waals surface area contributed by atoms with Crippen LogP contribution < -0.4 is 10.1 Å². The highest BCUT2D eigenvalue weighted by Crippen LogP contribution is 2.25. The Morgan fingerprint density at radius 2 is 2.41 bits per heavy atom. The number of hydrogen-bond acceptors (Lipinski definition) is 6. The first-order valence-corrected chi connectivity index (χ1v) is 7.61. The Morgan fingerprint density at radius 1 is 1.50 bits per heavy atom. The zero-order valence-corrected chi connectivity index (χ0v) is 12.3. The molecule has 1 fully saturated rings. The summed E-state index contributed by atoms with van der Waals surface area (Å²) in [5.74, 6) is 0.726. The van der Waals surface area contributed by atoms with E-state index >= 15 is 0 Å². The summed E-state index contributed by atoms with van der Waals surface area (Å²) in [6.45, 7) is 2.76. The van der Waals surface area contributed by atoms with Crippen molar-refractivity contribution in [2.75, 3.05) is 19.7 Å². The molecule has 1 aromatic heterocycles. The van der Waals surface area contributed by atoms with Crippen molar-refractivity contribution >= 4 is 16.8 Å². The molecule has 0 unspecified atom stereocenters. The van der Waals surface area contributed by atoms with Gasteiger partial charge >= 0.3 is 6.08 Å². The second-order valence-electron chi connectivity index (χ2n) is 5.59. The Morgan fingerprint density at radius 3 is 3.18 bits per heavy atom. The van der Waals surface area contributed by atoms with Crippen LogP contribution in [0.5, 0.6) is 6.08 Å². The summed E-state index contributed by atoms with van der Waals surface area (Å²) < 4.78 is 10.9. The van der Waals surface area contributed by atoms with Crippen molar-refractivity contribution in [2.24, 2.45) is 5.92 Å². The summed E-state index contributed by atoms with van der Waals surface area (Å²) in [6.07, 6.45) is 4.77. The minimum atomic E-state index is -0.452. The highest BCUT2D eigenvalue weighted by molar-refractivity contribution is 5.75. The van der Waals surface area contributed by atoms with Crippen LogP contribution in [0.25, 0.3) is 11.1 Å². The molecule has 1 aliphatic rings. The van der Waals surface area contributed by atoms with Gasteiger partial charge in [0.1, 0.15) is 5.52 Å². The fourth-order valence-electron chi connectivity index (χ4n) is 2.77. The van der Waals surface area contributed by atoms with Gasteiger partial charge in [0.15, 0.2) is 5.58 Å². The first kappa shape index (κ1) is 14.8. The van der Waals surface area contributed by atoms with Gasteiger partial charge in [-0.25, -0.2) is 0 Å². The minimum Gasteiger partial charge on any atom is -0.450 e. The fraction of sp³-hybridized carbons (Fsp3) is 0.533. The van der Waals surface area contributed by atoms with E-state index in [-0.39, 0.29) is 11.8 Å². The lowest BCUT2D eigenvalue weighted by molar-refractivity contribution is -0.384. The van der Waals surface area contributed by atoms with Crippen LogP contribution in [0, 0.1) is 16.0 Å². The van der Waals surface area contributed by atoms with E-state index in [2.05, 4.69) is 10.3 Å². The van der Waals surface area contributed by atoms with Crippen molar-refractivity contribution < 1.29 is 14.1 Å². The van der Waals surface area contributed by atoms with Crippen LogP contribution in [-0.4, -0.2) is 29.6 Å². The van der Waals surface area contributed by atoms with Crippen LogP contribution in [-0.2, 0) is 0 Å². The number of piperidine rings is 1. The van der Waals surface area contributed by atoms with Crippen molar-refractivity contribution in [3.8, 4) is 6.08 Å². The molecule has 0 bridgehead atoms. The monoisotopic (exact) mass is 305 g/mol. The molecule has 2 heterocycles. The Hall–Kier alpha value is -2.15. The van der Waals surface area contributed by atoms with Gasteiger partial charge in [0.25, 0.3) is 5.69 Å². The first-order chi connectivity index (χ1) is 10.7. The maximum Gasteiger partial charge on any atom is 0.394 e. The summed E-state index contributed by atoms with van der Waals surface area (Å²) in [4.78, 5) is 14.4. The smallest absolute Gasteiger partial charge is 0.394 e. The molecule has 3 rings (SSSR count). The van der Waals surface area contributed by atoms with Crippen molar-refractivity contribution in [1.82, 2.24) is 10.3 Å². The normalized spacial score (nSPS) is 18.5. The summed E-state index contributed by atoms with van der Waals surface area (Å²) in [6, 6.07) is 4.33. The number of non-ortho nitro benzene ring substituents is 1. The molecule has 22 heavy (non-hydrogen) atoms. The van der Waals surface area contributed by atoms with Crippen molar-refractivity contribution in [1.29, 1.82) is 0 Å². The van der Waals surface area contributed by atoms with Crippen LogP contribution in [0.4, 0.5) is 5.69 Å². The van der Waals surface area contributed by atoms with Crippen LogP contribution in [0.15, 0.2) is 22.6 Å². The number of hydrogen-bond donors (Lipinski definition) is 1. The predicted octanol–water partition coefficient (Wildman–Crippen LogP) is 2.89. The van der Waals surface area contributed by atoms with Gasteiger partial charge in [-0.2, -0.15) is 4.98 Å². The quantitative estimate of drug-likeness (QED) is 0.501. The number of fused-ring (bicyclic) bond motifs is 1. The lowest BCUT2D eigenvalue weighted by atomic mass is 9.95. The molecule has 1 aliphatic heterocycles. The van der Waals surface area contributed by atoms with Gasteiger partial charge in [0.05, 0.1) is 11.5 Å². The first-order valence-electron chi connectivity index (χ1n) is 7.61. The predicted molar refractivity (Wildman–Crippen MR) is 81.0 cm³/mol. The Balaban J connectivity index is 1.52. The molecule has 0 saturated carbocycles. The second kappa shape index (κ2) is 6.74. The van der Waals surface area contributed by atoms with Gasteiger partial charge in [0.2, 0.25) is 0 Å². The van der Waals surface area contributed by atoms with Crippen LogP contribution in [0.1, 0.15) is 25.7 Å². The molecule has 1 N–H and O–H groups in total. The maximum absolute atomic E-state index is 10.7. The summed E-state index contributed by atoms with van der Waals surface area (Å²) >= 11 is 0. The molecule has 1 aromatic carbocycles. The Bertz CT molecular complexity index is 649. The van der Waals surface area contributed by atoms with Crippen LogP contribution in [0.2, 0.25) is 0 Å². The zero-order chi connectivity index (χ0) is 15.4. The largest absolute Gasteiger partial charge is 0.450 e. The molecule has 2 aromatic rings. The number of rotatable bonds is 6. The van der Waals surface area contributed by atoms with E-state index in [1.54, 1.807) is 6.07 Å². The number of benzene rings is 1. The van der Waals surface area contributed by atoms with Gasteiger partial charge in [-0.05, 0) is 50.8 Å². The molecule has 0 aliphatic carbocycles. The highest BCUT2D eigenvalue weighted by atomic mass is 16.6. The Labute approximate surface area is 127 Å². The number of nitrogens with zero attached hydrogens (tertiary/aromatic N) is 2. The fourth-order valence-corrected chi connectivity index (χ4v) is 2.77. The number of ether oxygens (including phenoxy) is 1. The second-order valence-corrected chi connectivity index (χ2v) is 5.59. The molecule has 7 heteroatoms. The average molecular weight is 305 g/mol. The van der Waals surface area contributed by atoms with Crippen LogP contribution >= 0.6 is 0 Å². The molecule has 1 atom stereocenters. The summed E-state index contributed by atoms with van der Waals surface area (Å²) in [5.41, 5.74) is 0.940. The van der Waals surface area contributed by atoms with Gasteiger partial charge in [0, 0.05) is 12.1 Å². The van der Waals surface area contributed by atoms with E-state index in [0.717, 1.165) is 31.8 Å². The van der Waals surface area contributed by atoms with Crippen LogP contribution in [0.3, 0.4) is 0 Å². The van der Waals surface area contributed by atoms with E-state index < -0.39 is 4.92 Å². The third kappa shape index (κ3) is 3.54. The molecule has 0 radical (unpaired) electrons. The molecule has 1 saturated heterocycles. The minimum absolute atomic E-state index is 0.00264. The van der Waals surface area contributed by atoms with E-state index in [1.807, 2.05) is 0 Å². The third-order valence-electron chi connectivity index (χ3n) is 3.94. The van der Waals surface area contributed by atoms with E-state index in [9.17, 15) is 10.1 Å². The van der Waals surface area contributed by atoms with Crippen molar-refractivity contribution in [3.05, 3.63) is 28.3 Å². The molecular formula is C15H19N3O4. The Kier molecular flexibility index (Phi) is 4.53. The average Bonchev–Trinajstić information content (AvgIpc) is 2.94. The van der Waals surface area contributed by atoms with E-state index in [1.165, 1.54) is 25.0 Å². The van der Waals surface area contributed by atoms with Crippen molar-refractivity contribution in [3.63, 3.8) is 0 Å². The number of oxazole rings is 1. The molecule has 118 valence electrons. The molecular weight excluding hydrogens is 286 g/mol. The number of nitro benzene ring substituents is 1. The van der Waals surface area contributed by atoms with Gasteiger partial charge in [-0.3, -0.25) is 10.1 Å². The molecule has 0 amide bonds. The number of nitro groups is 1. The van der Waals surface area contributed by atoms with E-state index in [0.29, 0.717) is 17.7 Å².